The lowest BCUT2D eigenvalue weighted by molar-refractivity contribution is -0.202. The van der Waals surface area contributed by atoms with Crippen molar-refractivity contribution in [2.45, 2.75) is 50.2 Å². The summed E-state index contributed by atoms with van der Waals surface area (Å²) in [4.78, 5) is 59.1. The van der Waals surface area contributed by atoms with Gasteiger partial charge in [0, 0.05) is 18.7 Å². The second-order valence-corrected chi connectivity index (χ2v) is 9.91. The van der Waals surface area contributed by atoms with Gasteiger partial charge in [-0.25, -0.2) is 9.59 Å². The largest absolute Gasteiger partial charge is 0.491 e. The van der Waals surface area contributed by atoms with Crippen LogP contribution in [0.25, 0.3) is 0 Å². The number of nitrogens with one attached hydrogen (secondary N) is 3. The Morgan fingerprint density at radius 3 is 2.07 bits per heavy atom. The van der Waals surface area contributed by atoms with Gasteiger partial charge in [0.25, 0.3) is 0 Å². The number of hydrogen-bond acceptors (Lipinski definition) is 8. The minimum atomic E-state index is -5.33. The van der Waals surface area contributed by atoms with E-state index in [1.54, 1.807) is 42.5 Å². The number of nitrogens with zero attached hydrogens (tertiary/aromatic N) is 1. The van der Waals surface area contributed by atoms with Crippen molar-refractivity contribution in [3.05, 3.63) is 71.3 Å². The third kappa shape index (κ3) is 11.5. The first-order valence-corrected chi connectivity index (χ1v) is 13.2. The van der Waals surface area contributed by atoms with E-state index in [2.05, 4.69) is 15.4 Å². The predicted molar refractivity (Wildman–Crippen MR) is 147 cm³/mol. The van der Waals surface area contributed by atoms with Gasteiger partial charge in [0.15, 0.2) is 0 Å². The maximum atomic E-state index is 13.1. The Labute approximate surface area is 257 Å². The molecular weight excluding hydrogens is 632 g/mol. The number of carboxylic acid groups (broad SMARTS) is 1. The SMILES string of the molecule is C[C@H](NC(=O)[C@H]1C[C@H](c2ccccc2)CN1CC(=O)OC(=O)C(F)(F)F)C(=O)NCc1ccc(C(=N)N)cc1.O=C(O)C(F)(F)F. The van der Waals surface area contributed by atoms with Gasteiger partial charge >= 0.3 is 30.3 Å². The van der Waals surface area contributed by atoms with E-state index in [0.717, 1.165) is 11.1 Å². The first-order chi connectivity index (χ1) is 21.3. The molecule has 1 saturated heterocycles. The molecule has 12 nitrogen and oxygen atoms in total. The number of hydrogen-bond donors (Lipinski definition) is 5. The van der Waals surface area contributed by atoms with Crippen LogP contribution in [0.1, 0.15) is 36.0 Å². The summed E-state index contributed by atoms with van der Waals surface area (Å²) in [6.45, 7) is 1.05. The molecule has 1 heterocycles. The molecule has 0 saturated carbocycles. The van der Waals surface area contributed by atoms with E-state index in [0.29, 0.717) is 5.56 Å². The number of nitrogens with two attached hydrogens (primary N) is 1. The number of halogens is 6. The zero-order chi connectivity index (χ0) is 34.8. The highest BCUT2D eigenvalue weighted by Crippen LogP contribution is 2.32. The van der Waals surface area contributed by atoms with Crippen LogP contribution in [-0.2, 0) is 35.3 Å². The first kappa shape index (κ1) is 37.2. The van der Waals surface area contributed by atoms with E-state index in [9.17, 15) is 45.5 Å². The van der Waals surface area contributed by atoms with Crippen LogP contribution in [0.15, 0.2) is 54.6 Å². The number of alkyl halides is 6. The van der Waals surface area contributed by atoms with Crippen molar-refractivity contribution in [3.8, 4) is 0 Å². The molecule has 0 aliphatic carbocycles. The Kier molecular flexibility index (Phi) is 12.8. The average Bonchev–Trinajstić information content (AvgIpc) is 3.39. The molecule has 0 spiro atoms. The van der Waals surface area contributed by atoms with Crippen LogP contribution < -0.4 is 16.4 Å². The monoisotopic (exact) mass is 661 g/mol. The van der Waals surface area contributed by atoms with Crippen molar-refractivity contribution in [2.75, 3.05) is 13.1 Å². The van der Waals surface area contributed by atoms with Crippen LogP contribution in [0.3, 0.4) is 0 Å². The third-order valence-corrected chi connectivity index (χ3v) is 6.47. The molecular formula is C28H29F6N5O7. The van der Waals surface area contributed by atoms with E-state index in [4.69, 9.17) is 21.0 Å². The summed E-state index contributed by atoms with van der Waals surface area (Å²) < 4.78 is 73.1. The fourth-order valence-corrected chi connectivity index (χ4v) is 4.20. The zero-order valence-electron chi connectivity index (χ0n) is 23.9. The third-order valence-electron chi connectivity index (χ3n) is 6.47. The average molecular weight is 662 g/mol. The molecule has 0 unspecified atom stereocenters. The molecule has 2 aromatic rings. The molecule has 2 aromatic carbocycles. The number of ether oxygens (including phenoxy) is 1. The van der Waals surface area contributed by atoms with Crippen molar-refractivity contribution in [1.29, 1.82) is 5.41 Å². The summed E-state index contributed by atoms with van der Waals surface area (Å²) in [6.07, 6.45) is -10.2. The van der Waals surface area contributed by atoms with E-state index in [-0.39, 0.29) is 31.3 Å². The second kappa shape index (κ2) is 15.8. The van der Waals surface area contributed by atoms with E-state index >= 15 is 0 Å². The number of carbonyl (C=O) groups excluding carboxylic acids is 4. The maximum absolute atomic E-state index is 13.1. The number of carboxylic acids is 1. The number of aliphatic carboxylic acids is 1. The summed E-state index contributed by atoms with van der Waals surface area (Å²) in [5.74, 6) is -8.23. The van der Waals surface area contributed by atoms with Crippen LogP contribution >= 0.6 is 0 Å². The van der Waals surface area contributed by atoms with Crippen molar-refractivity contribution in [3.63, 3.8) is 0 Å². The Morgan fingerprint density at radius 2 is 1.57 bits per heavy atom. The van der Waals surface area contributed by atoms with Gasteiger partial charge in [-0.15, -0.1) is 0 Å². The Morgan fingerprint density at radius 1 is 1.00 bits per heavy atom. The number of likely N-dealkylation sites (tertiary alicyclic amines) is 1. The Hall–Kier alpha value is -5.00. The number of rotatable bonds is 9. The van der Waals surface area contributed by atoms with Gasteiger partial charge in [0.2, 0.25) is 11.8 Å². The zero-order valence-corrected chi connectivity index (χ0v) is 23.9. The Balaban J connectivity index is 0.000000942. The van der Waals surface area contributed by atoms with E-state index in [1.165, 1.54) is 11.8 Å². The standard InChI is InChI=1S/C26H28F3N5O5.C2HF3O2/c1-15(23(36)32-12-16-7-9-18(10-8-16)22(30)31)33-24(37)20-11-19(17-5-3-2-4-6-17)13-34(20)14-21(35)39-25(38)26(27,28)29;3-2(4,5)1(6)7/h2-10,15,19-20H,11-14H2,1H3,(H3,30,31)(H,32,36)(H,33,37);(H,6,7)/t15-,19-,20+;/m0./s1. The van der Waals surface area contributed by atoms with Gasteiger partial charge in [0.1, 0.15) is 11.9 Å². The summed E-state index contributed by atoms with van der Waals surface area (Å²) >= 11 is 0. The van der Waals surface area contributed by atoms with Gasteiger partial charge in [-0.05, 0) is 30.4 Å². The van der Waals surface area contributed by atoms with Crippen LogP contribution in [0.4, 0.5) is 26.3 Å². The van der Waals surface area contributed by atoms with E-state index in [1.807, 2.05) is 12.1 Å². The lowest BCUT2D eigenvalue weighted by Gasteiger charge is -2.24. The smallest absolute Gasteiger partial charge is 0.475 e. The van der Waals surface area contributed by atoms with Crippen molar-refractivity contribution in [2.24, 2.45) is 5.73 Å². The molecule has 1 aliphatic rings. The lowest BCUT2D eigenvalue weighted by Crippen LogP contribution is -2.51. The number of amides is 2. The summed E-state index contributed by atoms with van der Waals surface area (Å²) in [5, 5.41) is 19.8. The van der Waals surface area contributed by atoms with Crippen LogP contribution in [0, 0.1) is 5.41 Å². The first-order valence-electron chi connectivity index (χ1n) is 13.2. The lowest BCUT2D eigenvalue weighted by atomic mass is 9.96. The normalized spacial score (nSPS) is 17.1. The number of carbonyl (C=O) groups is 5. The van der Waals surface area contributed by atoms with Gasteiger partial charge in [0.05, 0.1) is 12.6 Å². The molecule has 3 rings (SSSR count). The topological polar surface area (TPSA) is 192 Å². The molecule has 3 atom stereocenters. The molecule has 2 amide bonds. The van der Waals surface area contributed by atoms with Crippen LogP contribution in [0.5, 0.6) is 0 Å². The molecule has 18 heteroatoms. The van der Waals surface area contributed by atoms with E-state index < -0.39 is 60.7 Å². The predicted octanol–water partition coefficient (Wildman–Crippen LogP) is 2.22. The molecule has 1 aliphatic heterocycles. The minimum Gasteiger partial charge on any atom is -0.475 e. The number of benzene rings is 2. The molecule has 0 bridgehead atoms. The Bertz CT molecular complexity index is 1420. The van der Waals surface area contributed by atoms with Gasteiger partial charge < -0.3 is 26.2 Å². The van der Waals surface area contributed by atoms with Gasteiger partial charge in [-0.1, -0.05) is 54.6 Å². The van der Waals surface area contributed by atoms with Gasteiger partial charge in [-0.2, -0.15) is 26.3 Å². The maximum Gasteiger partial charge on any atom is 0.491 e. The quantitative estimate of drug-likeness (QED) is 0.0882. The molecule has 0 aromatic heterocycles. The fraction of sp³-hybridized carbons (Fsp3) is 0.357. The van der Waals surface area contributed by atoms with Crippen molar-refractivity contribution < 1.29 is 60.2 Å². The molecule has 250 valence electrons. The molecule has 1 fully saturated rings. The highest BCUT2D eigenvalue weighted by molar-refractivity contribution is 5.95. The number of nitrogen functional groups attached to an aromatic ring is 1. The number of esters is 2. The highest BCUT2D eigenvalue weighted by Gasteiger charge is 2.44. The minimum absolute atomic E-state index is 0.0856. The molecule has 46 heavy (non-hydrogen) atoms. The van der Waals surface area contributed by atoms with Crippen molar-refractivity contribution >= 4 is 35.6 Å². The number of amidine groups is 1. The van der Waals surface area contributed by atoms with Crippen LogP contribution in [-0.4, -0.2) is 83.1 Å². The van der Waals surface area contributed by atoms with Crippen LogP contribution in [0.2, 0.25) is 0 Å². The molecule has 6 N–H and O–H groups in total. The highest BCUT2D eigenvalue weighted by atomic mass is 19.4. The molecule has 0 radical (unpaired) electrons. The second-order valence-electron chi connectivity index (χ2n) is 9.91. The van der Waals surface area contributed by atoms with Gasteiger partial charge in [-0.3, -0.25) is 24.7 Å². The summed E-state index contributed by atoms with van der Waals surface area (Å²) in [5.41, 5.74) is 7.56. The fourth-order valence-electron chi connectivity index (χ4n) is 4.20. The summed E-state index contributed by atoms with van der Waals surface area (Å²) in [7, 11) is 0. The summed E-state index contributed by atoms with van der Waals surface area (Å²) in [6, 6.07) is 13.8. The van der Waals surface area contributed by atoms with Crippen molar-refractivity contribution in [1.82, 2.24) is 15.5 Å².